The molecular formula is C16H10F3N3OS. The van der Waals surface area contributed by atoms with E-state index >= 15 is 0 Å². The minimum Gasteiger partial charge on any atom is -0.298 e. The van der Waals surface area contributed by atoms with Crippen LogP contribution >= 0.6 is 11.3 Å². The number of anilines is 1. The van der Waals surface area contributed by atoms with Gasteiger partial charge in [-0.05, 0) is 36.4 Å². The minimum absolute atomic E-state index is 0.123. The molecule has 3 aromatic rings. The number of thiazole rings is 1. The van der Waals surface area contributed by atoms with E-state index in [0.29, 0.717) is 16.5 Å². The molecule has 0 aliphatic rings. The summed E-state index contributed by atoms with van der Waals surface area (Å²) in [6.45, 7) is 0. The van der Waals surface area contributed by atoms with Crippen LogP contribution in [0.5, 0.6) is 0 Å². The smallest absolute Gasteiger partial charge is 0.298 e. The van der Waals surface area contributed by atoms with Crippen LogP contribution in [0.15, 0.2) is 54.0 Å². The van der Waals surface area contributed by atoms with E-state index < -0.39 is 17.6 Å². The summed E-state index contributed by atoms with van der Waals surface area (Å²) in [5.74, 6) is -0.523. The Bertz CT molecular complexity index is 845. The molecule has 1 aromatic carbocycles. The normalized spacial score (nSPS) is 11.3. The number of pyridine rings is 1. The van der Waals surface area contributed by atoms with Gasteiger partial charge in [0, 0.05) is 17.1 Å². The number of hydrogen-bond donors (Lipinski definition) is 1. The van der Waals surface area contributed by atoms with Crippen LogP contribution in [-0.4, -0.2) is 15.9 Å². The van der Waals surface area contributed by atoms with Crippen LogP contribution in [-0.2, 0) is 6.18 Å². The molecular weight excluding hydrogens is 339 g/mol. The largest absolute Gasteiger partial charge is 0.416 e. The van der Waals surface area contributed by atoms with Gasteiger partial charge >= 0.3 is 6.18 Å². The third-order valence-electron chi connectivity index (χ3n) is 3.13. The van der Waals surface area contributed by atoms with E-state index in [0.717, 1.165) is 24.3 Å². The molecule has 24 heavy (non-hydrogen) atoms. The first-order valence-electron chi connectivity index (χ1n) is 6.79. The van der Waals surface area contributed by atoms with Crippen molar-refractivity contribution >= 4 is 22.4 Å². The fourth-order valence-corrected chi connectivity index (χ4v) is 2.64. The Kier molecular flexibility index (Phi) is 4.30. The van der Waals surface area contributed by atoms with Gasteiger partial charge in [-0.2, -0.15) is 13.2 Å². The van der Waals surface area contributed by atoms with Gasteiger partial charge < -0.3 is 0 Å². The number of carbonyl (C=O) groups excluding carboxylic acids is 1. The third kappa shape index (κ3) is 3.60. The summed E-state index contributed by atoms with van der Waals surface area (Å²) in [6.07, 6.45) is -2.79. The number of alkyl halides is 3. The Morgan fingerprint density at radius 1 is 1.04 bits per heavy atom. The van der Waals surface area contributed by atoms with Crippen molar-refractivity contribution in [1.82, 2.24) is 9.97 Å². The second-order valence-corrected chi connectivity index (χ2v) is 5.64. The van der Waals surface area contributed by atoms with Gasteiger partial charge in [0.05, 0.1) is 11.3 Å². The Morgan fingerprint density at radius 2 is 1.79 bits per heavy atom. The Labute approximate surface area is 139 Å². The second kappa shape index (κ2) is 6.40. The predicted molar refractivity (Wildman–Crippen MR) is 84.7 cm³/mol. The summed E-state index contributed by atoms with van der Waals surface area (Å²) >= 11 is 1.21. The molecule has 4 nitrogen and oxygen atoms in total. The SMILES string of the molecule is O=C(Nc1nc(-c2ccccn2)cs1)c1ccc(C(F)(F)F)cc1. The number of hydrogen-bond acceptors (Lipinski definition) is 4. The lowest BCUT2D eigenvalue weighted by Crippen LogP contribution is -2.12. The quantitative estimate of drug-likeness (QED) is 0.759. The number of halogens is 3. The van der Waals surface area contributed by atoms with Gasteiger partial charge in [0.2, 0.25) is 0 Å². The van der Waals surface area contributed by atoms with Gasteiger partial charge in [-0.25, -0.2) is 4.98 Å². The Balaban J connectivity index is 1.72. The van der Waals surface area contributed by atoms with Crippen molar-refractivity contribution in [2.45, 2.75) is 6.18 Å². The Hall–Kier alpha value is -2.74. The van der Waals surface area contributed by atoms with E-state index in [2.05, 4.69) is 15.3 Å². The van der Waals surface area contributed by atoms with Crippen LogP contribution in [0.3, 0.4) is 0 Å². The van der Waals surface area contributed by atoms with Crippen molar-refractivity contribution in [2.75, 3.05) is 5.32 Å². The van der Waals surface area contributed by atoms with Gasteiger partial charge in [-0.1, -0.05) is 6.07 Å². The fraction of sp³-hybridized carbons (Fsp3) is 0.0625. The van der Waals surface area contributed by atoms with Crippen LogP contribution in [0.4, 0.5) is 18.3 Å². The van der Waals surface area contributed by atoms with E-state index in [1.165, 1.54) is 11.3 Å². The zero-order valence-corrected chi connectivity index (χ0v) is 12.9. The summed E-state index contributed by atoms with van der Waals surface area (Å²) in [6, 6.07) is 9.39. The zero-order valence-electron chi connectivity index (χ0n) is 12.0. The number of aromatic nitrogens is 2. The molecule has 0 radical (unpaired) electrons. The van der Waals surface area contributed by atoms with Gasteiger partial charge in [0.15, 0.2) is 5.13 Å². The molecule has 0 aliphatic carbocycles. The van der Waals surface area contributed by atoms with E-state index in [4.69, 9.17) is 0 Å². The van der Waals surface area contributed by atoms with Gasteiger partial charge in [-0.3, -0.25) is 15.1 Å². The number of benzene rings is 1. The first-order chi connectivity index (χ1) is 11.4. The monoisotopic (exact) mass is 349 g/mol. The molecule has 2 heterocycles. The molecule has 2 aromatic heterocycles. The maximum atomic E-state index is 12.5. The van der Waals surface area contributed by atoms with Crippen LogP contribution in [0.25, 0.3) is 11.4 Å². The molecule has 3 rings (SSSR count). The molecule has 0 atom stereocenters. The Morgan fingerprint density at radius 3 is 2.42 bits per heavy atom. The summed E-state index contributed by atoms with van der Waals surface area (Å²) < 4.78 is 37.6. The number of nitrogens with one attached hydrogen (secondary N) is 1. The number of nitrogens with zero attached hydrogens (tertiary/aromatic N) is 2. The highest BCUT2D eigenvalue weighted by atomic mass is 32.1. The molecule has 0 unspecified atom stereocenters. The highest BCUT2D eigenvalue weighted by molar-refractivity contribution is 7.14. The first-order valence-corrected chi connectivity index (χ1v) is 7.67. The number of rotatable bonds is 3. The van der Waals surface area contributed by atoms with Crippen molar-refractivity contribution in [2.24, 2.45) is 0 Å². The van der Waals surface area contributed by atoms with Crippen LogP contribution in [0.2, 0.25) is 0 Å². The average molecular weight is 349 g/mol. The molecule has 0 aliphatic heterocycles. The van der Waals surface area contributed by atoms with Crippen molar-refractivity contribution in [3.05, 3.63) is 65.2 Å². The van der Waals surface area contributed by atoms with Crippen molar-refractivity contribution in [1.29, 1.82) is 0 Å². The molecule has 0 spiro atoms. The average Bonchev–Trinajstić information content (AvgIpc) is 3.03. The summed E-state index contributed by atoms with van der Waals surface area (Å²) in [5, 5.41) is 4.65. The molecule has 8 heteroatoms. The van der Waals surface area contributed by atoms with Gasteiger partial charge in [0.1, 0.15) is 5.69 Å². The van der Waals surface area contributed by atoms with Crippen molar-refractivity contribution in [3.63, 3.8) is 0 Å². The number of carbonyl (C=O) groups is 1. The maximum absolute atomic E-state index is 12.5. The number of amides is 1. The summed E-state index contributed by atoms with van der Waals surface area (Å²) in [4.78, 5) is 20.5. The molecule has 0 saturated heterocycles. The predicted octanol–water partition coefficient (Wildman–Crippen LogP) is 4.48. The highest BCUT2D eigenvalue weighted by Gasteiger charge is 2.30. The third-order valence-corrected chi connectivity index (χ3v) is 3.88. The lowest BCUT2D eigenvalue weighted by atomic mass is 10.1. The van der Waals surface area contributed by atoms with Crippen LogP contribution in [0.1, 0.15) is 15.9 Å². The highest BCUT2D eigenvalue weighted by Crippen LogP contribution is 2.29. The van der Waals surface area contributed by atoms with E-state index in [1.807, 2.05) is 6.07 Å². The summed E-state index contributed by atoms with van der Waals surface area (Å²) in [7, 11) is 0. The second-order valence-electron chi connectivity index (χ2n) is 4.78. The van der Waals surface area contributed by atoms with Crippen molar-refractivity contribution in [3.8, 4) is 11.4 Å². The summed E-state index contributed by atoms with van der Waals surface area (Å²) in [5.41, 5.74) is 0.607. The van der Waals surface area contributed by atoms with Gasteiger partial charge in [-0.15, -0.1) is 11.3 Å². The topological polar surface area (TPSA) is 54.9 Å². The van der Waals surface area contributed by atoms with Gasteiger partial charge in [0.25, 0.3) is 5.91 Å². The van der Waals surface area contributed by atoms with Crippen LogP contribution < -0.4 is 5.32 Å². The lowest BCUT2D eigenvalue weighted by Gasteiger charge is -2.07. The molecule has 122 valence electrons. The van der Waals surface area contributed by atoms with E-state index in [1.54, 1.807) is 23.7 Å². The molecule has 0 saturated carbocycles. The van der Waals surface area contributed by atoms with Crippen LogP contribution in [0, 0.1) is 0 Å². The molecule has 0 fully saturated rings. The fourth-order valence-electron chi connectivity index (χ4n) is 1.94. The maximum Gasteiger partial charge on any atom is 0.416 e. The lowest BCUT2D eigenvalue weighted by molar-refractivity contribution is -0.137. The molecule has 1 amide bonds. The first kappa shape index (κ1) is 16.1. The van der Waals surface area contributed by atoms with E-state index in [-0.39, 0.29) is 5.56 Å². The standard InChI is InChI=1S/C16H10F3N3OS/c17-16(18,19)11-6-4-10(5-7-11)14(23)22-15-21-13(9-24-15)12-3-1-2-8-20-12/h1-9H,(H,21,22,23). The zero-order chi connectivity index (χ0) is 17.2. The van der Waals surface area contributed by atoms with E-state index in [9.17, 15) is 18.0 Å². The van der Waals surface area contributed by atoms with Crippen molar-refractivity contribution < 1.29 is 18.0 Å². The molecule has 1 N–H and O–H groups in total. The molecule has 0 bridgehead atoms. The minimum atomic E-state index is -4.43.